The van der Waals surface area contributed by atoms with Crippen LogP contribution in [0, 0.1) is 0 Å². The second kappa shape index (κ2) is 57.7. The SMILES string of the molecule is CC(=O)CCC(C(=O)[O-])N1CCN(C(C=O)CCc2ccc(Nc3nc(NCCOCCOCCNC(=O)CCC(P(=O)(O)O)P(=O)(O)O)nc(Nc4ccc(CCC(C(=O)[O-])N5CCN(C(CCC(C)=O)C(=O)[O-])CCN(C(CCC(C)=O)C(=O)[O-])CCN(C(CCC(C)=O)C(=O)[O-])CC5)cc4)n3)cc2)CCN(C(CCC(C)=O)C(=O)[O-])CCN(C(CCC(C)=O)C(=O)[O-])CC1. The Morgan fingerprint density at radius 3 is 0.856 bits per heavy atom. The number of aryl methyl sites for hydroxylation is 2. The van der Waals surface area contributed by atoms with Crippen molar-refractivity contribution in [1.29, 1.82) is 0 Å². The fourth-order valence-electron chi connectivity index (χ4n) is 15.6. The molecule has 0 saturated carbocycles. The Labute approximate surface area is 765 Å². The predicted octanol–water partition coefficient (Wildman–Crippen LogP) is -6.70. The predicted molar refractivity (Wildman–Crippen MR) is 460 cm³/mol. The van der Waals surface area contributed by atoms with Crippen LogP contribution in [0.2, 0.25) is 0 Å². The van der Waals surface area contributed by atoms with Gasteiger partial charge in [-0.2, -0.15) is 15.0 Å². The molecule has 47 heteroatoms. The van der Waals surface area contributed by atoms with Crippen molar-refractivity contribution in [3.05, 3.63) is 59.7 Å². The van der Waals surface area contributed by atoms with Gasteiger partial charge in [-0.1, -0.05) is 24.3 Å². The number of ketones is 6. The molecular formula is C85H124N15O30P2-7. The van der Waals surface area contributed by atoms with E-state index in [1.54, 1.807) is 53.4 Å². The molecule has 132 heavy (non-hydrogen) atoms. The molecule has 3 heterocycles. The molecule has 8 atom stereocenters. The Kier molecular flexibility index (Phi) is 49.3. The molecule has 3 aromatic rings. The van der Waals surface area contributed by atoms with E-state index >= 15 is 0 Å². The Bertz CT molecular complexity index is 4290. The van der Waals surface area contributed by atoms with Crippen LogP contribution in [-0.4, -0.2) is 360 Å². The number of hydrogen-bond acceptors (Lipinski definition) is 40. The van der Waals surface area contributed by atoms with E-state index in [1.165, 1.54) is 75.8 Å². The molecule has 45 nitrogen and oxygen atoms in total. The van der Waals surface area contributed by atoms with Gasteiger partial charge in [-0.3, -0.25) is 53.1 Å². The number of aldehydes is 1. The highest BCUT2D eigenvalue weighted by atomic mass is 31.2. The number of carboxylic acid groups (broad SMARTS) is 7. The van der Waals surface area contributed by atoms with Gasteiger partial charge < -0.3 is 153 Å². The summed E-state index contributed by atoms with van der Waals surface area (Å²) in [6, 6.07) is 2.94. The molecule has 0 radical (unpaired) electrons. The van der Waals surface area contributed by atoms with Crippen LogP contribution in [-0.2, 0) is 103 Å². The average molecular weight is 1900 g/mol. The number of carboxylic acids is 7. The van der Waals surface area contributed by atoms with Gasteiger partial charge in [-0.25, -0.2) is 0 Å². The van der Waals surface area contributed by atoms with Crippen LogP contribution in [0.3, 0.4) is 0 Å². The third-order valence-corrected chi connectivity index (χ3v) is 26.9. The van der Waals surface area contributed by atoms with Crippen LogP contribution in [0.5, 0.6) is 0 Å². The summed E-state index contributed by atoms with van der Waals surface area (Å²) in [5.41, 5.74) is 2.20. The van der Waals surface area contributed by atoms with Gasteiger partial charge in [-0.15, -0.1) is 0 Å². The highest BCUT2D eigenvalue weighted by molar-refractivity contribution is 7.70. The van der Waals surface area contributed by atoms with Crippen LogP contribution in [0.15, 0.2) is 48.5 Å². The zero-order valence-corrected chi connectivity index (χ0v) is 77.2. The second-order valence-electron chi connectivity index (χ2n) is 33.0. The van der Waals surface area contributed by atoms with Crippen LogP contribution >= 0.6 is 15.2 Å². The van der Waals surface area contributed by atoms with E-state index in [4.69, 9.17) is 9.47 Å². The minimum absolute atomic E-state index is 0.00128. The highest BCUT2D eigenvalue weighted by Gasteiger charge is 2.43. The Morgan fingerprint density at radius 1 is 0.348 bits per heavy atom. The number of amides is 1. The molecule has 5 rings (SSSR count). The molecule has 2 aliphatic heterocycles. The number of carbonyl (C=O) groups excluding carboxylic acids is 15. The van der Waals surface area contributed by atoms with E-state index in [2.05, 4.69) is 36.2 Å². The lowest BCUT2D eigenvalue weighted by molar-refractivity contribution is -0.315. The summed E-state index contributed by atoms with van der Waals surface area (Å²) < 4.78 is 34.5. The first-order chi connectivity index (χ1) is 62.3. The molecule has 2 aromatic carbocycles. The maximum absolute atomic E-state index is 13.5. The number of aromatic nitrogens is 3. The minimum Gasteiger partial charge on any atom is -0.548 e. The summed E-state index contributed by atoms with van der Waals surface area (Å²) in [5.74, 6) is -13.4. The lowest BCUT2D eigenvalue weighted by atomic mass is 10.0. The zero-order chi connectivity index (χ0) is 98.0. The van der Waals surface area contributed by atoms with E-state index in [0.717, 1.165) is 5.56 Å². The van der Waals surface area contributed by atoms with Crippen molar-refractivity contribution < 1.29 is 146 Å². The molecule has 736 valence electrons. The summed E-state index contributed by atoms with van der Waals surface area (Å²) in [6.45, 7) is 5.60. The van der Waals surface area contributed by atoms with Gasteiger partial charge in [-0.05, 0) is 148 Å². The van der Waals surface area contributed by atoms with Gasteiger partial charge in [0.05, 0.1) is 74.3 Å². The highest BCUT2D eigenvalue weighted by Crippen LogP contribution is 2.61. The first kappa shape index (κ1) is 113. The second-order valence-corrected chi connectivity index (χ2v) is 37.0. The fraction of sp³-hybridized carbons (Fsp3) is 0.647. The van der Waals surface area contributed by atoms with E-state index in [0.29, 0.717) is 23.2 Å². The molecule has 8 unspecified atom stereocenters. The molecule has 8 N–H and O–H groups in total. The van der Waals surface area contributed by atoms with Crippen molar-refractivity contribution in [3.63, 3.8) is 0 Å². The van der Waals surface area contributed by atoms with Crippen LogP contribution in [0.25, 0.3) is 0 Å². The molecule has 0 aliphatic carbocycles. The van der Waals surface area contributed by atoms with E-state index in [-0.39, 0.29) is 300 Å². The number of ether oxygens (including phenoxy) is 2. The smallest absolute Gasteiger partial charge is 0.340 e. The average Bonchev–Trinajstić information content (AvgIpc) is 0.835. The topological polar surface area (TPSA) is 664 Å². The van der Waals surface area contributed by atoms with Gasteiger partial charge >= 0.3 is 15.2 Å². The summed E-state index contributed by atoms with van der Waals surface area (Å²) in [6.07, 6.45) is -2.45. The monoisotopic (exact) mass is 1900 g/mol. The van der Waals surface area contributed by atoms with Crippen molar-refractivity contribution in [2.45, 2.75) is 211 Å². The van der Waals surface area contributed by atoms with Gasteiger partial charge in [0, 0.05) is 216 Å². The molecule has 2 fully saturated rings. The summed E-state index contributed by atoms with van der Waals surface area (Å²) >= 11 is 0. The van der Waals surface area contributed by atoms with Gasteiger partial charge in [0.25, 0.3) is 0 Å². The van der Waals surface area contributed by atoms with Crippen molar-refractivity contribution in [2.24, 2.45) is 0 Å². The summed E-state index contributed by atoms with van der Waals surface area (Å²) in [7, 11) is -10.5. The fourth-order valence-corrected chi connectivity index (χ4v) is 18.1. The lowest BCUT2D eigenvalue weighted by Gasteiger charge is -2.42. The number of nitrogens with zero attached hydrogens (tertiary/aromatic N) is 11. The first-order valence-electron chi connectivity index (χ1n) is 43.9. The van der Waals surface area contributed by atoms with Crippen LogP contribution < -0.4 is 57.0 Å². The van der Waals surface area contributed by atoms with Crippen LogP contribution in [0.1, 0.15) is 155 Å². The molecule has 0 spiro atoms. The number of anilines is 5. The molecular weight excluding hydrogens is 1770 g/mol. The number of Topliss-reactive ketones (excluding diaryl/α,β-unsaturated/α-hetero) is 6. The maximum Gasteiger partial charge on any atom is 0.340 e. The molecule has 1 aromatic heterocycles. The van der Waals surface area contributed by atoms with E-state index < -0.39 is 129 Å². The molecule has 2 aliphatic rings. The first-order valence-corrected chi connectivity index (χ1v) is 47.2. The largest absolute Gasteiger partial charge is 0.548 e. The van der Waals surface area contributed by atoms with Crippen molar-refractivity contribution in [3.8, 4) is 0 Å². The number of aliphatic carboxylic acids is 7. The number of benzene rings is 2. The number of rotatable bonds is 59. The van der Waals surface area contributed by atoms with Crippen molar-refractivity contribution >= 4 is 133 Å². The summed E-state index contributed by atoms with van der Waals surface area (Å²) in [4.78, 5) is 253. The summed E-state index contributed by atoms with van der Waals surface area (Å²) in [5, 5.41) is 100. The quantitative estimate of drug-likeness (QED) is 0.0148. The Morgan fingerprint density at radius 2 is 0.598 bits per heavy atom. The minimum atomic E-state index is -5.23. The molecule has 2 saturated heterocycles. The van der Waals surface area contributed by atoms with Gasteiger partial charge in [0.2, 0.25) is 23.8 Å². The molecule has 1 amide bonds. The number of carbonyl (C=O) groups is 15. The number of nitrogens with one attached hydrogen (secondary N) is 4. The van der Waals surface area contributed by atoms with Crippen molar-refractivity contribution in [2.75, 3.05) is 160 Å². The van der Waals surface area contributed by atoms with Crippen molar-refractivity contribution in [1.82, 2.24) is 59.5 Å². The van der Waals surface area contributed by atoms with Crippen LogP contribution in [0.4, 0.5) is 29.2 Å². The third kappa shape index (κ3) is 41.8. The third-order valence-electron chi connectivity index (χ3n) is 23.0. The lowest BCUT2D eigenvalue weighted by Crippen LogP contribution is -2.59. The van der Waals surface area contributed by atoms with Gasteiger partial charge in [0.15, 0.2) is 5.40 Å². The maximum atomic E-state index is 13.5. The molecule has 0 bridgehead atoms. The number of hydrogen-bond donors (Lipinski definition) is 8. The normalized spacial score (nSPS) is 17.2. The Balaban J connectivity index is 1.44. The van der Waals surface area contributed by atoms with Gasteiger partial charge in [0.1, 0.15) is 41.0 Å². The van der Waals surface area contributed by atoms with E-state index in [1.807, 2.05) is 0 Å². The van der Waals surface area contributed by atoms with E-state index in [9.17, 15) is 136 Å². The Hall–Kier alpha value is -9.80. The zero-order valence-electron chi connectivity index (χ0n) is 75.4. The standard InChI is InChI=1S/C85H131N15O30P2/c1-56(102)7-24-67(76(109)110)94-37-35-93(36-38-95(68(77(111)112)25-8-57(2)103)40-42-96(41-39-94)69(78(113)114)26-9-58(3)104)66(55-101)23-17-62-13-19-64(20-14-62)88-84-90-83(87-34-52-130-54-53-129-51-33-86-74(108)31-32-75(131(123,124)125)132(126,127)128)91-85(92-84)89-65-21-15-63(16-22-65)18-30-73(82(121)122)100-49-47-98(71(80(117)118)28-11-60(5)106)45-43-97(70(79(115)116)27-10-59(4)105)44-46-99(48-50-100)72(81(119)120)29-12-61(6)107/h13-16,19-22,55,66-73,75H,7-12,17-18,23-54H2,1-6H3,(H,86,108)(H,109,110)(H,111,112)(H,113,114)(H,115,116)(H,117,118)(H,119,120)(H,121,122)(H2,123,124,125)(H2,126,127,128)(H3,87,88,89,90,91,92)/p-7.